The van der Waals surface area contributed by atoms with Gasteiger partial charge in [-0.2, -0.15) is 5.26 Å². The van der Waals surface area contributed by atoms with Gasteiger partial charge >= 0.3 is 0 Å². The van der Waals surface area contributed by atoms with Gasteiger partial charge in [0, 0.05) is 0 Å². The molecule has 0 N–H and O–H groups in total. The molecule has 1 aromatic rings. The minimum atomic E-state index is 0.696. The summed E-state index contributed by atoms with van der Waals surface area (Å²) in [5.41, 5.74) is 2.18. The van der Waals surface area contributed by atoms with E-state index >= 15 is 0 Å². The van der Waals surface area contributed by atoms with Crippen LogP contribution in [-0.4, -0.2) is 6.61 Å². The minimum Gasteiger partial charge on any atom is -0.502 e. The van der Waals surface area contributed by atoms with Gasteiger partial charge in [0.2, 0.25) is 0 Å². The van der Waals surface area contributed by atoms with E-state index in [1.807, 2.05) is 18.4 Å². The minimum absolute atomic E-state index is 0.696. The van der Waals surface area contributed by atoms with Gasteiger partial charge in [0.25, 0.3) is 0 Å². The van der Waals surface area contributed by atoms with E-state index in [0.29, 0.717) is 5.92 Å². The molecule has 23 heavy (non-hydrogen) atoms. The van der Waals surface area contributed by atoms with Crippen molar-refractivity contribution in [3.05, 3.63) is 47.7 Å². The van der Waals surface area contributed by atoms with E-state index in [1.165, 1.54) is 50.5 Å². The van der Waals surface area contributed by atoms with Crippen LogP contribution in [0.25, 0.3) is 0 Å². The summed E-state index contributed by atoms with van der Waals surface area (Å²) in [5, 5.41) is 8.87. The zero-order valence-electron chi connectivity index (χ0n) is 14.3. The molecule has 2 rings (SSSR count). The van der Waals surface area contributed by atoms with Crippen molar-refractivity contribution >= 4 is 0 Å². The van der Waals surface area contributed by atoms with E-state index in [9.17, 15) is 0 Å². The first-order valence-corrected chi connectivity index (χ1v) is 9.10. The average molecular weight is 311 g/mol. The van der Waals surface area contributed by atoms with Crippen LogP contribution < -0.4 is 0 Å². The van der Waals surface area contributed by atoms with Crippen molar-refractivity contribution < 1.29 is 4.74 Å². The van der Waals surface area contributed by atoms with Gasteiger partial charge in [-0.05, 0) is 74.5 Å². The highest BCUT2D eigenvalue weighted by Crippen LogP contribution is 2.37. The maximum absolute atomic E-state index is 8.87. The number of allylic oxidation sites excluding steroid dienone is 1. The lowest BCUT2D eigenvalue weighted by atomic mass is 9.77. The van der Waals surface area contributed by atoms with Crippen molar-refractivity contribution in [1.29, 1.82) is 5.26 Å². The van der Waals surface area contributed by atoms with Crippen LogP contribution in [0, 0.1) is 17.2 Å². The predicted molar refractivity (Wildman–Crippen MR) is 95.1 cm³/mol. The molecule has 0 aromatic heterocycles. The van der Waals surface area contributed by atoms with Gasteiger partial charge in [-0.25, -0.2) is 0 Å². The van der Waals surface area contributed by atoms with E-state index in [1.54, 1.807) is 0 Å². The van der Waals surface area contributed by atoms with Gasteiger partial charge in [-0.1, -0.05) is 31.6 Å². The molecule has 124 valence electrons. The van der Waals surface area contributed by atoms with E-state index in [2.05, 4.69) is 31.2 Å². The third-order valence-corrected chi connectivity index (χ3v) is 4.91. The molecule has 2 nitrogen and oxygen atoms in total. The van der Waals surface area contributed by atoms with Crippen LogP contribution in [0.4, 0.5) is 0 Å². The highest BCUT2D eigenvalue weighted by atomic mass is 16.5. The van der Waals surface area contributed by atoms with Crippen molar-refractivity contribution in [1.82, 2.24) is 0 Å². The Kier molecular flexibility index (Phi) is 7.73. The van der Waals surface area contributed by atoms with Gasteiger partial charge < -0.3 is 4.74 Å². The van der Waals surface area contributed by atoms with Gasteiger partial charge in [0.05, 0.1) is 24.5 Å². The molecular weight excluding hydrogens is 282 g/mol. The Balaban J connectivity index is 1.62. The quantitative estimate of drug-likeness (QED) is 0.439. The molecule has 0 bridgehead atoms. The van der Waals surface area contributed by atoms with Crippen LogP contribution >= 0.6 is 0 Å². The van der Waals surface area contributed by atoms with E-state index in [4.69, 9.17) is 10.00 Å². The third kappa shape index (κ3) is 6.10. The number of benzene rings is 1. The van der Waals surface area contributed by atoms with Gasteiger partial charge in [-0.3, -0.25) is 0 Å². The van der Waals surface area contributed by atoms with E-state index in [-0.39, 0.29) is 0 Å². The summed E-state index contributed by atoms with van der Waals surface area (Å²) >= 11 is 0. The first kappa shape index (κ1) is 17.6. The normalized spacial score (nSPS) is 21.2. The maximum atomic E-state index is 8.87. The fraction of sp³-hybridized carbons (Fsp3) is 0.571. The lowest BCUT2D eigenvalue weighted by Gasteiger charge is -2.28. The summed E-state index contributed by atoms with van der Waals surface area (Å²) in [6.07, 6.45) is 14.0. The molecule has 1 aromatic carbocycles. The Morgan fingerprint density at radius 2 is 1.87 bits per heavy atom. The number of ether oxygens (including phenoxy) is 1. The fourth-order valence-electron chi connectivity index (χ4n) is 3.46. The van der Waals surface area contributed by atoms with Crippen molar-refractivity contribution in [2.75, 3.05) is 6.61 Å². The molecule has 0 unspecified atom stereocenters. The topological polar surface area (TPSA) is 33.0 Å². The zero-order chi connectivity index (χ0) is 16.3. The molecule has 0 spiro atoms. The molecule has 1 aliphatic rings. The smallest absolute Gasteiger partial charge is 0.0991 e. The molecule has 0 saturated heterocycles. The summed E-state index contributed by atoms with van der Waals surface area (Å²) < 4.78 is 5.45. The number of unbranched alkanes of at least 4 members (excludes halogenated alkanes) is 1. The van der Waals surface area contributed by atoms with Crippen molar-refractivity contribution in [2.45, 2.75) is 64.2 Å². The van der Waals surface area contributed by atoms with Crippen LogP contribution in [0.15, 0.2) is 36.6 Å². The number of hydrogen-bond acceptors (Lipinski definition) is 2. The van der Waals surface area contributed by atoms with Gasteiger partial charge in [-0.15, -0.1) is 0 Å². The summed E-state index contributed by atoms with van der Waals surface area (Å²) in [6.45, 7) is 2.98. The van der Waals surface area contributed by atoms with Gasteiger partial charge in [0.1, 0.15) is 0 Å². The number of rotatable bonds is 8. The molecule has 0 amide bonds. The Morgan fingerprint density at radius 1 is 1.13 bits per heavy atom. The zero-order valence-corrected chi connectivity index (χ0v) is 14.3. The van der Waals surface area contributed by atoms with E-state index < -0.39 is 0 Å². The second-order valence-electron chi connectivity index (χ2n) is 6.60. The first-order valence-electron chi connectivity index (χ1n) is 9.10. The molecule has 1 aliphatic carbocycles. The van der Waals surface area contributed by atoms with Crippen LogP contribution in [0.2, 0.25) is 0 Å². The predicted octanol–water partition coefficient (Wildman–Crippen LogP) is 5.94. The molecule has 1 saturated carbocycles. The highest BCUT2D eigenvalue weighted by Gasteiger charge is 2.21. The molecule has 0 atom stereocenters. The molecule has 2 heteroatoms. The van der Waals surface area contributed by atoms with E-state index in [0.717, 1.165) is 24.5 Å². The SMILES string of the molecule is CC/C=C/OCCCCC1CCC(c2ccc(C#N)cc2)CC1. The molecular formula is C21H29NO. The second-order valence-corrected chi connectivity index (χ2v) is 6.60. The number of hydrogen-bond donors (Lipinski definition) is 0. The number of nitrogens with zero attached hydrogens (tertiary/aromatic N) is 1. The summed E-state index contributed by atoms with van der Waals surface area (Å²) in [6, 6.07) is 10.4. The third-order valence-electron chi connectivity index (χ3n) is 4.91. The Morgan fingerprint density at radius 3 is 2.52 bits per heavy atom. The monoisotopic (exact) mass is 311 g/mol. The fourth-order valence-corrected chi connectivity index (χ4v) is 3.46. The summed E-state index contributed by atoms with van der Waals surface area (Å²) in [7, 11) is 0. The average Bonchev–Trinajstić information content (AvgIpc) is 2.61. The van der Waals surface area contributed by atoms with Crippen LogP contribution in [0.3, 0.4) is 0 Å². The van der Waals surface area contributed by atoms with Crippen LogP contribution in [0.1, 0.15) is 75.3 Å². The Labute approximate surface area is 141 Å². The first-order chi connectivity index (χ1) is 11.3. The summed E-state index contributed by atoms with van der Waals surface area (Å²) in [5.74, 6) is 1.59. The lowest BCUT2D eigenvalue weighted by Crippen LogP contribution is -2.13. The molecule has 0 heterocycles. The van der Waals surface area contributed by atoms with Crippen molar-refractivity contribution in [3.63, 3.8) is 0 Å². The second kappa shape index (κ2) is 10.1. The van der Waals surface area contributed by atoms with Crippen molar-refractivity contribution in [3.8, 4) is 6.07 Å². The molecule has 1 fully saturated rings. The molecule has 0 radical (unpaired) electrons. The van der Waals surface area contributed by atoms with Gasteiger partial charge in [0.15, 0.2) is 0 Å². The molecule has 0 aliphatic heterocycles. The van der Waals surface area contributed by atoms with Crippen LogP contribution in [-0.2, 0) is 4.74 Å². The lowest BCUT2D eigenvalue weighted by molar-refractivity contribution is 0.230. The number of nitriles is 1. The van der Waals surface area contributed by atoms with Crippen LogP contribution in [0.5, 0.6) is 0 Å². The maximum Gasteiger partial charge on any atom is 0.0991 e. The highest BCUT2D eigenvalue weighted by molar-refractivity contribution is 5.33. The Bertz CT molecular complexity index is 504. The Hall–Kier alpha value is -1.75. The summed E-state index contributed by atoms with van der Waals surface area (Å²) in [4.78, 5) is 0. The standard InChI is InChI=1S/C21H29NO/c1-2-3-15-23-16-5-4-6-18-7-11-20(12-8-18)21-13-9-19(17-22)10-14-21/h3,9-10,13-15,18,20H,2,4-8,11-12,16H2,1H3/b15-3+. The largest absolute Gasteiger partial charge is 0.502 e. The van der Waals surface area contributed by atoms with Crippen molar-refractivity contribution in [2.24, 2.45) is 5.92 Å².